The van der Waals surface area contributed by atoms with Gasteiger partial charge in [-0.05, 0) is 55.9 Å². The third-order valence-corrected chi connectivity index (χ3v) is 4.41. The Hall–Kier alpha value is -0.250. The highest BCUT2D eigenvalue weighted by molar-refractivity contribution is 4.90. The maximum absolute atomic E-state index is 12.0. The van der Waals surface area contributed by atoms with E-state index in [1.54, 1.807) is 0 Å². The first-order valence-corrected chi connectivity index (χ1v) is 6.71. The molecular formula is C13H22F3N. The molecule has 1 N–H and O–H groups in total. The molecule has 1 nitrogen and oxygen atoms in total. The van der Waals surface area contributed by atoms with Crippen molar-refractivity contribution in [3.8, 4) is 0 Å². The van der Waals surface area contributed by atoms with Crippen LogP contribution in [0.15, 0.2) is 0 Å². The Morgan fingerprint density at radius 1 is 1.24 bits per heavy atom. The third kappa shape index (κ3) is 3.87. The smallest absolute Gasteiger partial charge is 0.308 e. The Kier molecular flexibility index (Phi) is 4.01. The second kappa shape index (κ2) is 5.17. The highest BCUT2D eigenvalue weighted by atomic mass is 19.4. The third-order valence-electron chi connectivity index (χ3n) is 4.41. The summed E-state index contributed by atoms with van der Waals surface area (Å²) in [5, 5.41) is 2.52. The van der Waals surface area contributed by atoms with E-state index in [1.807, 2.05) is 0 Å². The minimum Gasteiger partial charge on any atom is -0.308 e. The van der Waals surface area contributed by atoms with E-state index >= 15 is 0 Å². The summed E-state index contributed by atoms with van der Waals surface area (Å²) in [6.45, 7) is 1.71. The maximum Gasteiger partial charge on any atom is 0.401 e. The van der Waals surface area contributed by atoms with Crippen LogP contribution in [0.2, 0.25) is 0 Å². The van der Waals surface area contributed by atoms with Gasteiger partial charge in [-0.15, -0.1) is 0 Å². The quantitative estimate of drug-likeness (QED) is 0.785. The zero-order valence-corrected chi connectivity index (χ0v) is 10.4. The largest absolute Gasteiger partial charge is 0.401 e. The van der Waals surface area contributed by atoms with Crippen LogP contribution in [0.5, 0.6) is 0 Å². The van der Waals surface area contributed by atoms with E-state index < -0.39 is 12.7 Å². The molecule has 2 rings (SSSR count). The maximum atomic E-state index is 12.0. The highest BCUT2D eigenvalue weighted by Crippen LogP contribution is 2.50. The van der Waals surface area contributed by atoms with E-state index in [0.29, 0.717) is 12.5 Å². The Labute approximate surface area is 101 Å². The van der Waals surface area contributed by atoms with E-state index in [0.717, 1.165) is 24.2 Å². The van der Waals surface area contributed by atoms with Crippen LogP contribution in [0.25, 0.3) is 0 Å². The molecule has 0 radical (unpaired) electrons. The molecule has 2 bridgehead atoms. The van der Waals surface area contributed by atoms with Crippen molar-refractivity contribution in [2.45, 2.75) is 45.2 Å². The number of rotatable bonds is 5. The van der Waals surface area contributed by atoms with Gasteiger partial charge in [-0.3, -0.25) is 0 Å². The van der Waals surface area contributed by atoms with Crippen molar-refractivity contribution in [3.05, 3.63) is 0 Å². The molecule has 0 aromatic carbocycles. The molecular weight excluding hydrogens is 227 g/mol. The summed E-state index contributed by atoms with van der Waals surface area (Å²) in [5.41, 5.74) is 0. The summed E-state index contributed by atoms with van der Waals surface area (Å²) in [4.78, 5) is 0. The molecule has 100 valence electrons. The standard InChI is InChI=1S/C13H22F3N/c1-9(7-17-8-13(14,15)16)4-12-6-10-2-3-11(12)5-10/h9-12,17H,2-8H2,1H3. The number of hydrogen-bond donors (Lipinski definition) is 1. The molecule has 4 unspecified atom stereocenters. The molecule has 0 saturated heterocycles. The van der Waals surface area contributed by atoms with Crippen molar-refractivity contribution >= 4 is 0 Å². The number of nitrogens with one attached hydrogen (secondary N) is 1. The first-order chi connectivity index (χ1) is 7.94. The van der Waals surface area contributed by atoms with Crippen molar-refractivity contribution in [1.29, 1.82) is 0 Å². The highest BCUT2D eigenvalue weighted by Gasteiger charge is 2.39. The molecule has 0 aliphatic heterocycles. The fourth-order valence-electron chi connectivity index (χ4n) is 3.73. The minimum atomic E-state index is -4.08. The number of hydrogen-bond acceptors (Lipinski definition) is 1. The van der Waals surface area contributed by atoms with Gasteiger partial charge in [-0.25, -0.2) is 0 Å². The van der Waals surface area contributed by atoms with E-state index in [2.05, 4.69) is 12.2 Å². The topological polar surface area (TPSA) is 12.0 Å². The Bertz CT molecular complexity index is 252. The summed E-state index contributed by atoms with van der Waals surface area (Å²) >= 11 is 0. The second-order valence-corrected chi connectivity index (χ2v) is 6.02. The lowest BCUT2D eigenvalue weighted by Gasteiger charge is -2.25. The second-order valence-electron chi connectivity index (χ2n) is 6.02. The van der Waals surface area contributed by atoms with Crippen LogP contribution in [-0.4, -0.2) is 19.3 Å². The monoisotopic (exact) mass is 249 g/mol. The van der Waals surface area contributed by atoms with Crippen LogP contribution in [-0.2, 0) is 0 Å². The predicted octanol–water partition coefficient (Wildman–Crippen LogP) is 3.60. The molecule has 2 aliphatic rings. The summed E-state index contributed by atoms with van der Waals surface area (Å²) < 4.78 is 35.9. The van der Waals surface area contributed by atoms with Gasteiger partial charge in [-0.2, -0.15) is 13.2 Å². The van der Waals surface area contributed by atoms with Gasteiger partial charge in [0.25, 0.3) is 0 Å². The molecule has 4 heteroatoms. The number of halogens is 3. The summed E-state index contributed by atoms with van der Waals surface area (Å²) in [7, 11) is 0. The molecule has 0 amide bonds. The Morgan fingerprint density at radius 3 is 2.53 bits per heavy atom. The normalized spacial score (nSPS) is 34.2. The van der Waals surface area contributed by atoms with Gasteiger partial charge in [0.15, 0.2) is 0 Å². The van der Waals surface area contributed by atoms with Crippen molar-refractivity contribution in [1.82, 2.24) is 5.32 Å². The molecule has 0 aromatic rings. The molecule has 0 heterocycles. The van der Waals surface area contributed by atoms with Gasteiger partial charge in [0.1, 0.15) is 0 Å². The van der Waals surface area contributed by atoms with E-state index in [1.165, 1.54) is 25.7 Å². The van der Waals surface area contributed by atoms with Crippen LogP contribution in [0, 0.1) is 23.7 Å². The first-order valence-electron chi connectivity index (χ1n) is 6.71. The van der Waals surface area contributed by atoms with Crippen molar-refractivity contribution in [3.63, 3.8) is 0 Å². The lowest BCUT2D eigenvalue weighted by atomic mass is 9.82. The first kappa shape index (κ1) is 13.2. The molecule has 2 saturated carbocycles. The van der Waals surface area contributed by atoms with Crippen LogP contribution in [0.3, 0.4) is 0 Å². The van der Waals surface area contributed by atoms with Gasteiger partial charge in [0, 0.05) is 0 Å². The van der Waals surface area contributed by atoms with Crippen molar-refractivity contribution < 1.29 is 13.2 Å². The number of alkyl halides is 3. The summed E-state index contributed by atoms with van der Waals surface area (Å²) in [6, 6.07) is 0. The van der Waals surface area contributed by atoms with Gasteiger partial charge in [0.2, 0.25) is 0 Å². The summed E-state index contributed by atoms with van der Waals surface area (Å²) in [6.07, 6.45) is 2.49. The zero-order valence-electron chi connectivity index (χ0n) is 10.4. The van der Waals surface area contributed by atoms with Crippen molar-refractivity contribution in [2.24, 2.45) is 23.7 Å². The van der Waals surface area contributed by atoms with Crippen molar-refractivity contribution in [2.75, 3.05) is 13.1 Å². The van der Waals surface area contributed by atoms with Crippen LogP contribution < -0.4 is 5.32 Å². The van der Waals surface area contributed by atoms with Gasteiger partial charge in [0.05, 0.1) is 6.54 Å². The van der Waals surface area contributed by atoms with Gasteiger partial charge >= 0.3 is 6.18 Å². The van der Waals surface area contributed by atoms with Crippen LogP contribution in [0.1, 0.15) is 39.0 Å². The number of fused-ring (bicyclic) bond motifs is 2. The average molecular weight is 249 g/mol. The Balaban J connectivity index is 1.63. The molecule has 0 aromatic heterocycles. The fraction of sp³-hybridized carbons (Fsp3) is 1.00. The minimum absolute atomic E-state index is 0.363. The average Bonchev–Trinajstić information content (AvgIpc) is 2.76. The lowest BCUT2D eigenvalue weighted by Crippen LogP contribution is -2.32. The van der Waals surface area contributed by atoms with E-state index in [-0.39, 0.29) is 0 Å². The molecule has 17 heavy (non-hydrogen) atoms. The molecule has 2 fully saturated rings. The zero-order chi connectivity index (χ0) is 12.5. The van der Waals surface area contributed by atoms with Gasteiger partial charge < -0.3 is 5.32 Å². The van der Waals surface area contributed by atoms with Gasteiger partial charge in [-0.1, -0.05) is 13.3 Å². The summed E-state index contributed by atoms with van der Waals surface area (Å²) in [5.74, 6) is 2.96. The van der Waals surface area contributed by atoms with Crippen LogP contribution in [0.4, 0.5) is 13.2 Å². The SMILES string of the molecule is CC(CNCC(F)(F)F)CC1CC2CCC1C2. The molecule has 0 spiro atoms. The fourth-order valence-corrected chi connectivity index (χ4v) is 3.73. The Morgan fingerprint density at radius 2 is 2.00 bits per heavy atom. The molecule has 2 aliphatic carbocycles. The molecule has 4 atom stereocenters. The van der Waals surface area contributed by atoms with Crippen LogP contribution >= 0.6 is 0 Å². The predicted molar refractivity (Wildman–Crippen MR) is 61.6 cm³/mol. The van der Waals surface area contributed by atoms with E-state index in [9.17, 15) is 13.2 Å². The van der Waals surface area contributed by atoms with E-state index in [4.69, 9.17) is 0 Å². The lowest BCUT2D eigenvalue weighted by molar-refractivity contribution is -0.125.